The number of nitrogens with one attached hydrogen (secondary N) is 1. The Morgan fingerprint density at radius 2 is 1.86 bits per heavy atom. The monoisotopic (exact) mass is 368 g/mol. The Labute approximate surface area is 161 Å². The van der Waals surface area contributed by atoms with E-state index in [9.17, 15) is 5.26 Å². The Bertz CT molecular complexity index is 1180. The molecule has 1 aromatic carbocycles. The summed E-state index contributed by atoms with van der Waals surface area (Å²) in [6, 6.07) is 15.2. The fraction of sp³-hybridized carbons (Fsp3) is 0.100. The van der Waals surface area contributed by atoms with Crippen LogP contribution in [0.1, 0.15) is 24.2 Å². The lowest BCUT2D eigenvalue weighted by atomic mass is 10.00. The van der Waals surface area contributed by atoms with E-state index in [1.54, 1.807) is 6.20 Å². The highest BCUT2D eigenvalue weighted by Gasteiger charge is 2.20. The van der Waals surface area contributed by atoms with E-state index < -0.39 is 0 Å². The molecule has 0 bridgehead atoms. The van der Waals surface area contributed by atoms with Gasteiger partial charge in [0.2, 0.25) is 0 Å². The van der Waals surface area contributed by atoms with Gasteiger partial charge in [0.1, 0.15) is 29.6 Å². The summed E-state index contributed by atoms with van der Waals surface area (Å²) in [5, 5.41) is 22.3. The lowest BCUT2D eigenvalue weighted by Gasteiger charge is -2.18. The maximum absolute atomic E-state index is 9.37. The molecule has 136 valence electrons. The first kappa shape index (κ1) is 17.3. The first-order valence-corrected chi connectivity index (χ1v) is 8.63. The van der Waals surface area contributed by atoms with Crippen LogP contribution in [0, 0.1) is 11.3 Å². The lowest BCUT2D eigenvalue weighted by Crippen LogP contribution is -2.14. The van der Waals surface area contributed by atoms with Crippen LogP contribution in [0.15, 0.2) is 55.0 Å². The molecule has 0 aliphatic rings. The van der Waals surface area contributed by atoms with Gasteiger partial charge in [-0.15, -0.1) is 0 Å². The smallest absolute Gasteiger partial charge is 0.150 e. The molecule has 0 unspecified atom stereocenters. The highest BCUT2D eigenvalue weighted by molar-refractivity contribution is 5.94. The Hall–Kier alpha value is -4.12. The second kappa shape index (κ2) is 7.25. The van der Waals surface area contributed by atoms with Crippen LogP contribution in [-0.4, -0.2) is 25.1 Å². The first-order valence-electron chi connectivity index (χ1n) is 8.63. The minimum absolute atomic E-state index is 0.127. The van der Waals surface area contributed by atoms with E-state index >= 15 is 0 Å². The maximum Gasteiger partial charge on any atom is 0.150 e. The van der Waals surface area contributed by atoms with Gasteiger partial charge in [-0.1, -0.05) is 24.3 Å². The molecule has 0 amide bonds. The second-order valence-electron chi connectivity index (χ2n) is 6.15. The van der Waals surface area contributed by atoms with E-state index in [1.165, 1.54) is 6.33 Å². The van der Waals surface area contributed by atoms with Gasteiger partial charge < -0.3 is 11.1 Å². The summed E-state index contributed by atoms with van der Waals surface area (Å²) in [7, 11) is 0. The second-order valence-corrected chi connectivity index (χ2v) is 6.15. The molecule has 0 saturated carbocycles. The molecule has 3 aromatic heterocycles. The zero-order chi connectivity index (χ0) is 19.5. The largest absolute Gasteiger partial charge is 0.382 e. The molecular weight excluding hydrogens is 352 g/mol. The Morgan fingerprint density at radius 3 is 2.64 bits per heavy atom. The van der Waals surface area contributed by atoms with Crippen molar-refractivity contribution in [3.8, 4) is 17.3 Å². The van der Waals surface area contributed by atoms with Gasteiger partial charge in [-0.2, -0.15) is 15.5 Å². The number of rotatable bonds is 4. The number of nitrogens with zero attached hydrogens (tertiary/aromatic N) is 6. The summed E-state index contributed by atoms with van der Waals surface area (Å²) in [5.41, 5.74) is 9.13. The van der Waals surface area contributed by atoms with Crippen molar-refractivity contribution in [1.82, 2.24) is 25.1 Å². The van der Waals surface area contributed by atoms with Crippen molar-refractivity contribution in [3.05, 3.63) is 66.2 Å². The van der Waals surface area contributed by atoms with Crippen LogP contribution in [0.25, 0.3) is 22.2 Å². The quantitative estimate of drug-likeness (QED) is 0.562. The fourth-order valence-corrected chi connectivity index (χ4v) is 3.04. The van der Waals surface area contributed by atoms with Crippen molar-refractivity contribution in [2.75, 3.05) is 11.1 Å². The van der Waals surface area contributed by atoms with Crippen LogP contribution in [0.3, 0.4) is 0 Å². The first-order chi connectivity index (χ1) is 13.7. The van der Waals surface area contributed by atoms with Gasteiger partial charge in [-0.25, -0.2) is 9.97 Å². The number of aromatic nitrogens is 5. The van der Waals surface area contributed by atoms with E-state index in [4.69, 9.17) is 5.73 Å². The molecule has 0 aliphatic heterocycles. The van der Waals surface area contributed by atoms with Crippen molar-refractivity contribution < 1.29 is 0 Å². The molecule has 4 rings (SSSR count). The summed E-state index contributed by atoms with van der Waals surface area (Å²) in [5.74, 6) is 0.478. The molecule has 1 atom stereocenters. The predicted octanol–water partition coefficient (Wildman–Crippen LogP) is 3.11. The van der Waals surface area contributed by atoms with E-state index in [-0.39, 0.29) is 17.4 Å². The van der Waals surface area contributed by atoms with Gasteiger partial charge in [-0.05, 0) is 25.1 Å². The molecule has 3 N–H and O–H groups in total. The maximum atomic E-state index is 9.37. The van der Waals surface area contributed by atoms with Gasteiger partial charge in [0, 0.05) is 17.1 Å². The topological polar surface area (TPSA) is 126 Å². The summed E-state index contributed by atoms with van der Waals surface area (Å²) >= 11 is 0. The van der Waals surface area contributed by atoms with Crippen LogP contribution >= 0.6 is 0 Å². The average molecular weight is 368 g/mol. The van der Waals surface area contributed by atoms with Crippen molar-refractivity contribution >= 4 is 22.5 Å². The minimum atomic E-state index is -0.310. The van der Waals surface area contributed by atoms with Crippen LogP contribution in [0.2, 0.25) is 0 Å². The Balaban J connectivity index is 1.85. The van der Waals surface area contributed by atoms with Crippen LogP contribution in [0.4, 0.5) is 11.6 Å². The predicted molar refractivity (Wildman–Crippen MR) is 106 cm³/mol. The highest BCUT2D eigenvalue weighted by Crippen LogP contribution is 2.33. The third-order valence-corrected chi connectivity index (χ3v) is 4.37. The molecule has 8 nitrogen and oxygen atoms in total. The summed E-state index contributed by atoms with van der Waals surface area (Å²) in [6.07, 6.45) is 3.06. The zero-order valence-corrected chi connectivity index (χ0v) is 15.0. The molecule has 3 heterocycles. The normalized spacial score (nSPS) is 11.7. The third-order valence-electron chi connectivity index (χ3n) is 4.37. The van der Waals surface area contributed by atoms with E-state index in [1.807, 2.05) is 55.5 Å². The van der Waals surface area contributed by atoms with Gasteiger partial charge in [0.15, 0.2) is 0 Å². The molecule has 0 spiro atoms. The number of nitrogen functional groups attached to an aromatic ring is 1. The number of nitriles is 1. The molecule has 0 saturated heterocycles. The molecule has 4 aromatic rings. The summed E-state index contributed by atoms with van der Waals surface area (Å²) in [4.78, 5) is 12.5. The van der Waals surface area contributed by atoms with Gasteiger partial charge >= 0.3 is 0 Å². The molecule has 0 radical (unpaired) electrons. The van der Waals surface area contributed by atoms with Gasteiger partial charge in [0.05, 0.1) is 22.9 Å². The molecule has 28 heavy (non-hydrogen) atoms. The number of hydrogen-bond acceptors (Lipinski definition) is 8. The Morgan fingerprint density at radius 1 is 1.04 bits per heavy atom. The number of anilines is 2. The van der Waals surface area contributed by atoms with Crippen molar-refractivity contribution in [3.63, 3.8) is 0 Å². The molecule has 8 heteroatoms. The number of benzene rings is 1. The Kier molecular flexibility index (Phi) is 4.48. The van der Waals surface area contributed by atoms with Gasteiger partial charge in [0.25, 0.3) is 0 Å². The summed E-state index contributed by atoms with van der Waals surface area (Å²) in [6.45, 7) is 1.92. The third kappa shape index (κ3) is 3.05. The average Bonchev–Trinajstić information content (AvgIpc) is 2.73. The van der Waals surface area contributed by atoms with Crippen molar-refractivity contribution in [2.24, 2.45) is 0 Å². The van der Waals surface area contributed by atoms with Crippen molar-refractivity contribution in [1.29, 1.82) is 5.26 Å². The fourth-order valence-electron chi connectivity index (χ4n) is 3.04. The minimum Gasteiger partial charge on any atom is -0.382 e. The highest BCUT2D eigenvalue weighted by atomic mass is 15.1. The summed E-state index contributed by atoms with van der Waals surface area (Å²) < 4.78 is 0. The number of hydrogen-bond donors (Lipinski definition) is 2. The van der Waals surface area contributed by atoms with Crippen LogP contribution in [-0.2, 0) is 0 Å². The standard InChI is InChI=1S/C20H16N8/c1-12(26-20-14(10-21)19(22)24-11-25-20)18-17(16-8-4-5-9-23-16)13-6-2-3-7-15(13)27-28-18/h2-9,11-12H,1H3,(H3,22,24,25,26)/t12-/m1/s1. The molecule has 0 aliphatic carbocycles. The SMILES string of the molecule is C[C@@H](Nc1ncnc(N)c1C#N)c1nnc2ccccc2c1-c1ccccn1. The van der Waals surface area contributed by atoms with E-state index in [2.05, 4.69) is 30.5 Å². The zero-order valence-electron chi connectivity index (χ0n) is 15.0. The van der Waals surface area contributed by atoms with Crippen molar-refractivity contribution in [2.45, 2.75) is 13.0 Å². The van der Waals surface area contributed by atoms with Crippen LogP contribution in [0.5, 0.6) is 0 Å². The van der Waals surface area contributed by atoms with E-state index in [0.717, 1.165) is 22.2 Å². The molecule has 0 fully saturated rings. The van der Waals surface area contributed by atoms with Gasteiger partial charge in [-0.3, -0.25) is 4.98 Å². The number of pyridine rings is 1. The molecular formula is C20H16N8. The van der Waals surface area contributed by atoms with Crippen LogP contribution < -0.4 is 11.1 Å². The number of fused-ring (bicyclic) bond motifs is 1. The lowest BCUT2D eigenvalue weighted by molar-refractivity contribution is 0.803. The van der Waals surface area contributed by atoms with E-state index in [0.29, 0.717) is 11.5 Å². The number of nitrogens with two attached hydrogens (primary N) is 1.